The van der Waals surface area contributed by atoms with Crippen molar-refractivity contribution in [3.8, 4) is 0 Å². The van der Waals surface area contributed by atoms with E-state index < -0.39 is 0 Å². The van der Waals surface area contributed by atoms with Crippen molar-refractivity contribution < 1.29 is 9.59 Å². The van der Waals surface area contributed by atoms with Gasteiger partial charge in [-0.1, -0.05) is 32.6 Å². The molecule has 1 rings (SSSR count). The largest absolute Gasteiger partial charge is 0.273 e. The fourth-order valence-electron chi connectivity index (χ4n) is 1.65. The van der Waals surface area contributed by atoms with Crippen LogP contribution in [0.25, 0.3) is 0 Å². The Morgan fingerprint density at radius 3 is 2.71 bits per heavy atom. The van der Waals surface area contributed by atoms with Crippen molar-refractivity contribution in [2.75, 3.05) is 0 Å². The van der Waals surface area contributed by atoms with Crippen LogP contribution in [-0.2, 0) is 9.59 Å². The number of hydrogen-bond donors (Lipinski definition) is 2. The Balaban J connectivity index is 2.21. The van der Waals surface area contributed by atoms with Crippen molar-refractivity contribution in [2.24, 2.45) is 5.92 Å². The topological polar surface area (TPSA) is 58.2 Å². The third-order valence-corrected chi connectivity index (χ3v) is 2.53. The zero-order valence-electron chi connectivity index (χ0n) is 8.64. The van der Waals surface area contributed by atoms with Crippen LogP contribution >= 0.6 is 0 Å². The van der Waals surface area contributed by atoms with Crippen LogP contribution in [0, 0.1) is 5.92 Å². The standard InChI is InChI=1S/C10H18N2O2/c1-2-3-4-5-6-8-7-9(13)11-12-10(8)14/h8H,2-7H2,1H3,(H,11,13)(H,12,14). The van der Waals surface area contributed by atoms with Gasteiger partial charge in [0.2, 0.25) is 11.8 Å². The summed E-state index contributed by atoms with van der Waals surface area (Å²) in [5.74, 6) is -0.230. The molecule has 2 amide bonds. The first-order chi connectivity index (χ1) is 6.74. The fourth-order valence-corrected chi connectivity index (χ4v) is 1.65. The summed E-state index contributed by atoms with van der Waals surface area (Å²) in [4.78, 5) is 22.3. The monoisotopic (exact) mass is 198 g/mol. The van der Waals surface area contributed by atoms with Gasteiger partial charge < -0.3 is 0 Å². The molecule has 4 heteroatoms. The van der Waals surface area contributed by atoms with E-state index in [4.69, 9.17) is 0 Å². The summed E-state index contributed by atoms with van der Waals surface area (Å²) in [6.45, 7) is 2.15. The van der Waals surface area contributed by atoms with Crippen molar-refractivity contribution in [3.63, 3.8) is 0 Å². The quantitative estimate of drug-likeness (QED) is 0.650. The third-order valence-electron chi connectivity index (χ3n) is 2.53. The summed E-state index contributed by atoms with van der Waals surface area (Å²) in [7, 11) is 0. The lowest BCUT2D eigenvalue weighted by Crippen LogP contribution is -2.50. The predicted molar refractivity (Wildman–Crippen MR) is 53.2 cm³/mol. The van der Waals surface area contributed by atoms with E-state index in [0.29, 0.717) is 6.42 Å². The summed E-state index contributed by atoms with van der Waals surface area (Å²) < 4.78 is 0. The van der Waals surface area contributed by atoms with Gasteiger partial charge in [0.1, 0.15) is 0 Å². The summed E-state index contributed by atoms with van der Waals surface area (Å²) in [6.07, 6.45) is 5.77. The Morgan fingerprint density at radius 2 is 2.00 bits per heavy atom. The van der Waals surface area contributed by atoms with Crippen LogP contribution in [-0.4, -0.2) is 11.8 Å². The molecule has 1 fully saturated rings. The van der Waals surface area contributed by atoms with Crippen molar-refractivity contribution in [2.45, 2.75) is 45.4 Å². The molecule has 14 heavy (non-hydrogen) atoms. The number of rotatable bonds is 5. The van der Waals surface area contributed by atoms with Gasteiger partial charge in [-0.2, -0.15) is 0 Å². The average molecular weight is 198 g/mol. The van der Waals surface area contributed by atoms with E-state index >= 15 is 0 Å². The molecule has 0 aromatic heterocycles. The van der Waals surface area contributed by atoms with E-state index in [-0.39, 0.29) is 17.7 Å². The van der Waals surface area contributed by atoms with Crippen LogP contribution in [0.15, 0.2) is 0 Å². The summed E-state index contributed by atoms with van der Waals surface area (Å²) >= 11 is 0. The smallest absolute Gasteiger partial charge is 0.242 e. The molecule has 1 heterocycles. The normalized spacial score (nSPS) is 21.6. The molecule has 1 saturated heterocycles. The van der Waals surface area contributed by atoms with Gasteiger partial charge in [-0.05, 0) is 6.42 Å². The van der Waals surface area contributed by atoms with Crippen LogP contribution in [0.1, 0.15) is 45.4 Å². The maximum atomic E-state index is 11.3. The number of hydrogen-bond acceptors (Lipinski definition) is 2. The Labute approximate surface area is 84.4 Å². The van der Waals surface area contributed by atoms with E-state index in [0.717, 1.165) is 19.3 Å². The van der Waals surface area contributed by atoms with Gasteiger partial charge in [-0.15, -0.1) is 0 Å². The lowest BCUT2D eigenvalue weighted by Gasteiger charge is -2.21. The molecular formula is C10H18N2O2. The van der Waals surface area contributed by atoms with Crippen LogP contribution in [0.5, 0.6) is 0 Å². The lowest BCUT2D eigenvalue weighted by molar-refractivity contribution is -0.138. The zero-order chi connectivity index (χ0) is 10.4. The molecule has 4 nitrogen and oxygen atoms in total. The molecule has 0 bridgehead atoms. The summed E-state index contributed by atoms with van der Waals surface area (Å²) in [5.41, 5.74) is 4.71. The highest BCUT2D eigenvalue weighted by Gasteiger charge is 2.25. The Morgan fingerprint density at radius 1 is 1.21 bits per heavy atom. The van der Waals surface area contributed by atoms with Crippen LogP contribution in [0.2, 0.25) is 0 Å². The second-order valence-corrected chi connectivity index (χ2v) is 3.79. The minimum absolute atomic E-state index is 0.0406. The first kappa shape index (κ1) is 11.0. The number of unbranched alkanes of at least 4 members (excludes halogenated alkanes) is 3. The minimum Gasteiger partial charge on any atom is -0.273 e. The predicted octanol–water partition coefficient (Wildman–Crippen LogP) is 1.12. The van der Waals surface area contributed by atoms with E-state index in [1.54, 1.807) is 0 Å². The molecule has 0 aromatic carbocycles. The van der Waals surface area contributed by atoms with Gasteiger partial charge in [0.05, 0.1) is 0 Å². The second-order valence-electron chi connectivity index (χ2n) is 3.79. The molecule has 0 aliphatic carbocycles. The number of carbonyl (C=O) groups is 2. The maximum absolute atomic E-state index is 11.3. The fraction of sp³-hybridized carbons (Fsp3) is 0.800. The molecule has 1 atom stereocenters. The number of carbonyl (C=O) groups excluding carboxylic acids is 2. The van der Waals surface area contributed by atoms with Gasteiger partial charge in [0, 0.05) is 12.3 Å². The highest BCUT2D eigenvalue weighted by molar-refractivity contribution is 5.90. The molecule has 1 unspecified atom stereocenters. The summed E-state index contributed by atoms with van der Waals surface area (Å²) in [6, 6.07) is 0. The molecule has 0 spiro atoms. The van der Waals surface area contributed by atoms with Crippen molar-refractivity contribution >= 4 is 11.8 Å². The van der Waals surface area contributed by atoms with E-state index in [1.807, 2.05) is 0 Å². The lowest BCUT2D eigenvalue weighted by atomic mass is 9.95. The van der Waals surface area contributed by atoms with E-state index in [9.17, 15) is 9.59 Å². The highest BCUT2D eigenvalue weighted by atomic mass is 16.2. The summed E-state index contributed by atoms with van der Waals surface area (Å²) in [5, 5.41) is 0. The number of amides is 2. The number of nitrogens with one attached hydrogen (secondary N) is 2. The zero-order valence-corrected chi connectivity index (χ0v) is 8.64. The van der Waals surface area contributed by atoms with Crippen LogP contribution in [0.4, 0.5) is 0 Å². The van der Waals surface area contributed by atoms with Crippen molar-refractivity contribution in [3.05, 3.63) is 0 Å². The minimum atomic E-state index is -0.111. The average Bonchev–Trinajstić information content (AvgIpc) is 2.18. The molecule has 1 aliphatic rings. The molecule has 2 N–H and O–H groups in total. The van der Waals surface area contributed by atoms with Crippen molar-refractivity contribution in [1.29, 1.82) is 0 Å². The van der Waals surface area contributed by atoms with Gasteiger partial charge in [0.25, 0.3) is 0 Å². The molecule has 1 aliphatic heterocycles. The van der Waals surface area contributed by atoms with Crippen molar-refractivity contribution in [1.82, 2.24) is 10.9 Å². The maximum Gasteiger partial charge on any atom is 0.242 e. The van der Waals surface area contributed by atoms with Crippen LogP contribution < -0.4 is 10.9 Å². The van der Waals surface area contributed by atoms with E-state index in [1.165, 1.54) is 12.8 Å². The molecule has 0 saturated carbocycles. The SMILES string of the molecule is CCCCCCC1CC(=O)NNC1=O. The number of hydrazine groups is 1. The van der Waals surface area contributed by atoms with Gasteiger partial charge >= 0.3 is 0 Å². The molecule has 0 aromatic rings. The van der Waals surface area contributed by atoms with Gasteiger partial charge in [-0.25, -0.2) is 0 Å². The Kier molecular flexibility index (Phi) is 4.43. The third kappa shape index (κ3) is 3.36. The van der Waals surface area contributed by atoms with E-state index in [2.05, 4.69) is 17.8 Å². The first-order valence-corrected chi connectivity index (χ1v) is 5.32. The molecule has 80 valence electrons. The Hall–Kier alpha value is -1.06. The molecule has 0 radical (unpaired) electrons. The Bertz CT molecular complexity index is 216. The second kappa shape index (κ2) is 5.62. The van der Waals surface area contributed by atoms with Gasteiger partial charge in [0.15, 0.2) is 0 Å². The first-order valence-electron chi connectivity index (χ1n) is 5.32. The van der Waals surface area contributed by atoms with Gasteiger partial charge in [-0.3, -0.25) is 20.4 Å². The highest BCUT2D eigenvalue weighted by Crippen LogP contribution is 2.16. The van der Waals surface area contributed by atoms with Crippen LogP contribution in [0.3, 0.4) is 0 Å². The molecular weight excluding hydrogens is 180 g/mol.